The summed E-state index contributed by atoms with van der Waals surface area (Å²) < 4.78 is 24.2. The smallest absolute Gasteiger partial charge is 0.303 e. The van der Waals surface area contributed by atoms with E-state index in [1.54, 1.807) is 6.07 Å². The summed E-state index contributed by atoms with van der Waals surface area (Å²) in [5.41, 5.74) is 2.93. The van der Waals surface area contributed by atoms with Crippen molar-refractivity contribution < 1.29 is 23.6 Å². The SMILES string of the molecule is COc1cc(C(CC(=O)O)Cc2nc(CCCc3ccc4c(n3)NCCC4)no2)ccc1F. The van der Waals surface area contributed by atoms with Gasteiger partial charge in [-0.2, -0.15) is 4.98 Å². The molecule has 4 rings (SSSR count). The zero-order valence-corrected chi connectivity index (χ0v) is 18.5. The Morgan fingerprint density at radius 1 is 1.27 bits per heavy atom. The average Bonchev–Trinajstić information content (AvgIpc) is 3.26. The van der Waals surface area contributed by atoms with Crippen molar-refractivity contribution in [3.05, 3.63) is 64.7 Å². The molecule has 8 nitrogen and oxygen atoms in total. The van der Waals surface area contributed by atoms with E-state index in [1.807, 2.05) is 0 Å². The molecule has 1 aromatic carbocycles. The molecule has 0 radical (unpaired) electrons. The second-order valence-electron chi connectivity index (χ2n) is 8.19. The number of carbonyl (C=O) groups is 1. The molecule has 3 aromatic rings. The molecule has 33 heavy (non-hydrogen) atoms. The minimum atomic E-state index is -0.963. The summed E-state index contributed by atoms with van der Waals surface area (Å²) in [4.78, 5) is 20.5. The van der Waals surface area contributed by atoms with Crippen molar-refractivity contribution in [1.82, 2.24) is 15.1 Å². The van der Waals surface area contributed by atoms with Crippen LogP contribution in [0.15, 0.2) is 34.9 Å². The number of aromatic nitrogens is 3. The van der Waals surface area contributed by atoms with Crippen LogP contribution in [0, 0.1) is 5.82 Å². The van der Waals surface area contributed by atoms with Gasteiger partial charge >= 0.3 is 5.97 Å². The topological polar surface area (TPSA) is 110 Å². The van der Waals surface area contributed by atoms with Crippen molar-refractivity contribution in [2.75, 3.05) is 19.0 Å². The number of nitrogens with one attached hydrogen (secondary N) is 1. The molecular formula is C24H27FN4O4. The number of anilines is 1. The number of hydrogen-bond acceptors (Lipinski definition) is 7. The fraction of sp³-hybridized carbons (Fsp3) is 0.417. The lowest BCUT2D eigenvalue weighted by Gasteiger charge is -2.17. The first-order chi connectivity index (χ1) is 16.0. The third kappa shape index (κ3) is 5.85. The molecule has 0 aliphatic carbocycles. The van der Waals surface area contributed by atoms with Crippen LogP contribution in [-0.4, -0.2) is 39.9 Å². The molecule has 9 heteroatoms. The number of methoxy groups -OCH3 is 1. The van der Waals surface area contributed by atoms with Gasteiger partial charge in [-0.15, -0.1) is 0 Å². The van der Waals surface area contributed by atoms with Gasteiger partial charge in [-0.05, 0) is 55.0 Å². The summed E-state index contributed by atoms with van der Waals surface area (Å²) in [5.74, 6) is 0.0808. The van der Waals surface area contributed by atoms with Gasteiger partial charge in [0, 0.05) is 31.0 Å². The lowest BCUT2D eigenvalue weighted by molar-refractivity contribution is -0.137. The maximum Gasteiger partial charge on any atom is 0.303 e. The molecule has 0 spiro atoms. The summed E-state index contributed by atoms with van der Waals surface area (Å²) in [6.07, 6.45) is 4.54. The van der Waals surface area contributed by atoms with E-state index in [9.17, 15) is 14.3 Å². The van der Waals surface area contributed by atoms with Crippen LogP contribution in [0.5, 0.6) is 5.75 Å². The van der Waals surface area contributed by atoms with Gasteiger partial charge in [-0.3, -0.25) is 4.79 Å². The van der Waals surface area contributed by atoms with Crippen LogP contribution in [0.25, 0.3) is 0 Å². The van der Waals surface area contributed by atoms with Gasteiger partial charge in [0.2, 0.25) is 5.89 Å². The number of pyridine rings is 1. The number of rotatable bonds is 10. The van der Waals surface area contributed by atoms with Crippen LogP contribution in [-0.2, 0) is 30.5 Å². The van der Waals surface area contributed by atoms with Crippen molar-refractivity contribution in [2.45, 2.75) is 50.9 Å². The summed E-state index contributed by atoms with van der Waals surface area (Å²) in [6, 6.07) is 8.56. The van der Waals surface area contributed by atoms with Crippen LogP contribution < -0.4 is 10.1 Å². The van der Waals surface area contributed by atoms with Crippen LogP contribution in [0.1, 0.15) is 53.7 Å². The zero-order chi connectivity index (χ0) is 23.2. The fourth-order valence-corrected chi connectivity index (χ4v) is 4.07. The highest BCUT2D eigenvalue weighted by atomic mass is 19.1. The Bertz CT molecular complexity index is 1120. The fourth-order valence-electron chi connectivity index (χ4n) is 4.07. The summed E-state index contributed by atoms with van der Waals surface area (Å²) in [6.45, 7) is 0.961. The second-order valence-corrected chi connectivity index (χ2v) is 8.19. The normalized spacial score (nSPS) is 13.8. The van der Waals surface area contributed by atoms with Gasteiger partial charge in [0.25, 0.3) is 0 Å². The van der Waals surface area contributed by atoms with E-state index in [2.05, 4.69) is 27.6 Å². The highest BCUT2D eigenvalue weighted by Crippen LogP contribution is 2.29. The molecule has 0 bridgehead atoms. The number of fused-ring (bicyclic) bond motifs is 1. The molecule has 1 atom stereocenters. The first kappa shape index (κ1) is 22.7. The van der Waals surface area contributed by atoms with E-state index in [0.29, 0.717) is 23.7 Å². The van der Waals surface area contributed by atoms with Crippen molar-refractivity contribution in [3.63, 3.8) is 0 Å². The summed E-state index contributed by atoms with van der Waals surface area (Å²) in [7, 11) is 1.37. The largest absolute Gasteiger partial charge is 0.494 e. The molecule has 1 unspecified atom stereocenters. The first-order valence-electron chi connectivity index (χ1n) is 11.1. The number of aryl methyl sites for hydroxylation is 3. The Hall–Kier alpha value is -3.49. The number of aliphatic carboxylic acids is 1. The quantitative estimate of drug-likeness (QED) is 0.474. The van der Waals surface area contributed by atoms with Crippen LogP contribution in [0.4, 0.5) is 10.2 Å². The Balaban J connectivity index is 1.36. The minimum absolute atomic E-state index is 0.0695. The highest BCUT2D eigenvalue weighted by Gasteiger charge is 2.21. The number of halogens is 1. The van der Waals surface area contributed by atoms with Gasteiger partial charge < -0.3 is 19.7 Å². The third-order valence-corrected chi connectivity index (χ3v) is 5.78. The van der Waals surface area contributed by atoms with Gasteiger partial charge in [-0.1, -0.05) is 17.3 Å². The lowest BCUT2D eigenvalue weighted by atomic mass is 9.92. The predicted molar refractivity (Wildman–Crippen MR) is 119 cm³/mol. The third-order valence-electron chi connectivity index (χ3n) is 5.78. The Morgan fingerprint density at radius 2 is 2.15 bits per heavy atom. The van der Waals surface area contributed by atoms with Crippen molar-refractivity contribution in [1.29, 1.82) is 0 Å². The molecule has 1 aliphatic heterocycles. The minimum Gasteiger partial charge on any atom is -0.494 e. The summed E-state index contributed by atoms with van der Waals surface area (Å²) in [5, 5.41) is 16.7. The maximum absolute atomic E-state index is 13.8. The van der Waals surface area contributed by atoms with E-state index in [1.165, 1.54) is 24.8 Å². The van der Waals surface area contributed by atoms with E-state index in [-0.39, 0.29) is 18.6 Å². The standard InChI is InChI=1S/C24H27FN4O4/c1-32-20-12-16(8-10-19(20)25)17(14-23(30)31)13-22-28-21(29-33-22)6-2-5-18-9-7-15-4-3-11-26-24(15)27-18/h7-10,12,17H,2-6,11,13-14H2,1H3,(H,26,27)(H,30,31). The second kappa shape index (κ2) is 10.4. The Labute approximate surface area is 191 Å². The molecule has 174 valence electrons. The van der Waals surface area contributed by atoms with Gasteiger partial charge in [0.15, 0.2) is 17.4 Å². The molecule has 2 N–H and O–H groups in total. The van der Waals surface area contributed by atoms with Gasteiger partial charge in [0.05, 0.1) is 13.5 Å². The number of ether oxygens (including phenoxy) is 1. The highest BCUT2D eigenvalue weighted by molar-refractivity contribution is 5.68. The number of hydrogen-bond donors (Lipinski definition) is 2. The van der Waals surface area contributed by atoms with E-state index < -0.39 is 17.7 Å². The molecular weight excluding hydrogens is 427 g/mol. The van der Waals surface area contributed by atoms with Crippen LogP contribution >= 0.6 is 0 Å². The number of carboxylic acids is 1. The van der Waals surface area contributed by atoms with Gasteiger partial charge in [0.1, 0.15) is 5.82 Å². The van der Waals surface area contributed by atoms with Crippen molar-refractivity contribution >= 4 is 11.8 Å². The molecule has 0 saturated heterocycles. The molecule has 2 aromatic heterocycles. The lowest BCUT2D eigenvalue weighted by Crippen LogP contribution is -2.14. The zero-order valence-electron chi connectivity index (χ0n) is 18.5. The van der Waals surface area contributed by atoms with E-state index in [0.717, 1.165) is 43.7 Å². The average molecular weight is 455 g/mol. The number of carboxylic acid groups (broad SMARTS) is 1. The Kier molecular flexibility index (Phi) is 7.16. The van der Waals surface area contributed by atoms with Gasteiger partial charge in [-0.25, -0.2) is 9.37 Å². The molecule has 1 aliphatic rings. The number of benzene rings is 1. The molecule has 0 amide bonds. The van der Waals surface area contributed by atoms with E-state index in [4.69, 9.17) is 14.2 Å². The van der Waals surface area contributed by atoms with Crippen LogP contribution in [0.2, 0.25) is 0 Å². The van der Waals surface area contributed by atoms with Crippen molar-refractivity contribution in [2.24, 2.45) is 0 Å². The molecule has 0 saturated carbocycles. The maximum atomic E-state index is 13.8. The summed E-state index contributed by atoms with van der Waals surface area (Å²) >= 11 is 0. The predicted octanol–water partition coefficient (Wildman–Crippen LogP) is 3.95. The number of nitrogens with zero attached hydrogens (tertiary/aromatic N) is 3. The monoisotopic (exact) mass is 454 g/mol. The molecule has 0 fully saturated rings. The molecule has 3 heterocycles. The van der Waals surface area contributed by atoms with Crippen LogP contribution in [0.3, 0.4) is 0 Å². The Morgan fingerprint density at radius 3 is 2.97 bits per heavy atom. The first-order valence-corrected chi connectivity index (χ1v) is 11.1. The van der Waals surface area contributed by atoms with Crippen molar-refractivity contribution in [3.8, 4) is 5.75 Å². The van der Waals surface area contributed by atoms with E-state index >= 15 is 0 Å².